The molecule has 0 saturated heterocycles. The van der Waals surface area contributed by atoms with E-state index in [1.54, 1.807) is 19.9 Å². The van der Waals surface area contributed by atoms with Gasteiger partial charge >= 0.3 is 6.18 Å². The van der Waals surface area contributed by atoms with Gasteiger partial charge in [-0.15, -0.1) is 5.10 Å². The van der Waals surface area contributed by atoms with Crippen LogP contribution in [0.5, 0.6) is 11.6 Å². The van der Waals surface area contributed by atoms with Crippen molar-refractivity contribution in [2.45, 2.75) is 20.0 Å². The molecule has 1 N–H and O–H groups in total. The summed E-state index contributed by atoms with van der Waals surface area (Å²) in [4.78, 5) is 0. The Labute approximate surface area is 102 Å². The van der Waals surface area contributed by atoms with Crippen molar-refractivity contribution < 1.29 is 17.9 Å². The van der Waals surface area contributed by atoms with Crippen molar-refractivity contribution in [3.63, 3.8) is 0 Å². The minimum Gasteiger partial charge on any atom is -0.437 e. The van der Waals surface area contributed by atoms with E-state index in [2.05, 4.69) is 10.2 Å². The summed E-state index contributed by atoms with van der Waals surface area (Å²) in [5, 5.41) is 6.34. The SMILES string of the molecule is Cc1ccc(Oc2cc(C)[nH]n2)c(C(F)(F)F)c1. The summed E-state index contributed by atoms with van der Waals surface area (Å²) in [6.45, 7) is 3.33. The van der Waals surface area contributed by atoms with Gasteiger partial charge in [0, 0.05) is 11.8 Å². The minimum absolute atomic E-state index is 0.113. The fourth-order valence-electron chi connectivity index (χ4n) is 1.51. The van der Waals surface area contributed by atoms with E-state index in [0.29, 0.717) is 11.3 Å². The monoisotopic (exact) mass is 256 g/mol. The molecule has 0 spiro atoms. The van der Waals surface area contributed by atoms with Gasteiger partial charge in [-0.1, -0.05) is 11.6 Å². The fourth-order valence-corrected chi connectivity index (χ4v) is 1.51. The molecule has 2 rings (SSSR count). The fraction of sp³-hybridized carbons (Fsp3) is 0.250. The number of alkyl halides is 3. The van der Waals surface area contributed by atoms with Crippen LogP contribution in [0.25, 0.3) is 0 Å². The summed E-state index contributed by atoms with van der Waals surface area (Å²) in [7, 11) is 0. The first kappa shape index (κ1) is 12.5. The topological polar surface area (TPSA) is 37.9 Å². The first-order valence-corrected chi connectivity index (χ1v) is 5.24. The van der Waals surface area contributed by atoms with Crippen molar-refractivity contribution >= 4 is 0 Å². The van der Waals surface area contributed by atoms with Crippen LogP contribution in [0.3, 0.4) is 0 Å². The van der Waals surface area contributed by atoms with Gasteiger partial charge in [0.25, 0.3) is 0 Å². The van der Waals surface area contributed by atoms with Gasteiger partial charge < -0.3 is 4.74 Å². The molecule has 1 aromatic carbocycles. The lowest BCUT2D eigenvalue weighted by atomic mass is 10.1. The van der Waals surface area contributed by atoms with E-state index >= 15 is 0 Å². The third-order valence-electron chi connectivity index (χ3n) is 2.34. The van der Waals surface area contributed by atoms with E-state index in [4.69, 9.17) is 4.74 Å². The third kappa shape index (κ3) is 2.64. The Morgan fingerprint density at radius 1 is 1.17 bits per heavy atom. The van der Waals surface area contributed by atoms with Crippen LogP contribution in [0.1, 0.15) is 16.8 Å². The lowest BCUT2D eigenvalue weighted by molar-refractivity contribution is -0.138. The van der Waals surface area contributed by atoms with Gasteiger partial charge in [0.1, 0.15) is 5.75 Å². The van der Waals surface area contributed by atoms with Crippen LogP contribution in [0.15, 0.2) is 24.3 Å². The van der Waals surface area contributed by atoms with E-state index in [0.717, 1.165) is 6.07 Å². The average Bonchev–Trinajstić information content (AvgIpc) is 2.65. The average molecular weight is 256 g/mol. The minimum atomic E-state index is -4.45. The number of H-pyrrole nitrogens is 1. The maximum Gasteiger partial charge on any atom is 0.419 e. The number of aromatic nitrogens is 2. The second kappa shape index (κ2) is 4.36. The molecule has 0 aliphatic heterocycles. The highest BCUT2D eigenvalue weighted by molar-refractivity contribution is 5.40. The molecule has 1 aromatic heterocycles. The summed E-state index contributed by atoms with van der Waals surface area (Å²) in [6.07, 6.45) is -4.45. The van der Waals surface area contributed by atoms with Crippen LogP contribution in [0.4, 0.5) is 13.2 Å². The molecule has 2 aromatic rings. The summed E-state index contributed by atoms with van der Waals surface area (Å²) in [6, 6.07) is 5.43. The molecule has 0 aliphatic rings. The molecular weight excluding hydrogens is 245 g/mol. The van der Waals surface area contributed by atoms with Crippen LogP contribution in [0.2, 0.25) is 0 Å². The number of halogens is 3. The van der Waals surface area contributed by atoms with Crippen LogP contribution < -0.4 is 4.74 Å². The van der Waals surface area contributed by atoms with Gasteiger partial charge in [0.05, 0.1) is 5.56 Å². The summed E-state index contributed by atoms with van der Waals surface area (Å²) < 4.78 is 43.6. The predicted octanol–water partition coefficient (Wildman–Crippen LogP) is 3.84. The van der Waals surface area contributed by atoms with Crippen molar-refractivity contribution in [3.8, 4) is 11.6 Å². The molecule has 96 valence electrons. The molecule has 0 bridgehead atoms. The Balaban J connectivity index is 2.38. The van der Waals surface area contributed by atoms with E-state index in [9.17, 15) is 13.2 Å². The van der Waals surface area contributed by atoms with Gasteiger partial charge in [-0.3, -0.25) is 5.10 Å². The lowest BCUT2D eigenvalue weighted by Crippen LogP contribution is -2.07. The molecule has 6 heteroatoms. The summed E-state index contributed by atoms with van der Waals surface area (Å²) in [5.41, 5.74) is 0.432. The van der Waals surface area contributed by atoms with E-state index in [1.165, 1.54) is 12.1 Å². The van der Waals surface area contributed by atoms with Gasteiger partial charge in [-0.05, 0) is 26.0 Å². The lowest BCUT2D eigenvalue weighted by Gasteiger charge is -2.12. The Morgan fingerprint density at radius 3 is 2.44 bits per heavy atom. The standard InChI is InChI=1S/C12H11F3N2O/c1-7-3-4-10(9(5-7)12(13,14)15)18-11-6-8(2)16-17-11/h3-6H,1-2H3,(H,16,17). The number of nitrogens with zero attached hydrogens (tertiary/aromatic N) is 1. The zero-order valence-electron chi connectivity index (χ0n) is 9.80. The molecule has 18 heavy (non-hydrogen) atoms. The smallest absolute Gasteiger partial charge is 0.419 e. The van der Waals surface area contributed by atoms with Gasteiger partial charge in [0.15, 0.2) is 0 Å². The Morgan fingerprint density at radius 2 is 1.89 bits per heavy atom. The molecule has 0 atom stereocenters. The Kier molecular flexibility index (Phi) is 3.02. The molecule has 3 nitrogen and oxygen atoms in total. The first-order chi connectivity index (χ1) is 8.36. The zero-order valence-corrected chi connectivity index (χ0v) is 9.80. The largest absolute Gasteiger partial charge is 0.437 e. The number of aryl methyl sites for hydroxylation is 2. The zero-order chi connectivity index (χ0) is 13.3. The number of nitrogens with one attached hydrogen (secondary N) is 1. The van der Waals surface area contributed by atoms with Crippen LogP contribution >= 0.6 is 0 Å². The van der Waals surface area contributed by atoms with Crippen molar-refractivity contribution in [2.24, 2.45) is 0 Å². The maximum atomic E-state index is 12.8. The quantitative estimate of drug-likeness (QED) is 0.886. The molecule has 0 aliphatic carbocycles. The third-order valence-corrected chi connectivity index (χ3v) is 2.34. The molecular formula is C12H11F3N2O. The molecule has 0 amide bonds. The highest BCUT2D eigenvalue weighted by Crippen LogP contribution is 2.38. The maximum absolute atomic E-state index is 12.8. The number of hydrogen-bond acceptors (Lipinski definition) is 2. The number of benzene rings is 1. The normalized spacial score (nSPS) is 11.6. The molecule has 0 saturated carbocycles. The first-order valence-electron chi connectivity index (χ1n) is 5.24. The van der Waals surface area contributed by atoms with Gasteiger partial charge in [-0.2, -0.15) is 13.2 Å². The van der Waals surface area contributed by atoms with Crippen molar-refractivity contribution in [1.29, 1.82) is 0 Å². The molecule has 0 fully saturated rings. The summed E-state index contributed by atoms with van der Waals surface area (Å²) in [5.74, 6) is -0.138. The molecule has 0 unspecified atom stereocenters. The van der Waals surface area contributed by atoms with E-state index in [-0.39, 0.29) is 11.6 Å². The Bertz CT molecular complexity index is 561. The predicted molar refractivity (Wildman–Crippen MR) is 59.6 cm³/mol. The molecule has 0 radical (unpaired) electrons. The van der Waals surface area contributed by atoms with Crippen molar-refractivity contribution in [2.75, 3.05) is 0 Å². The highest BCUT2D eigenvalue weighted by Gasteiger charge is 2.34. The van der Waals surface area contributed by atoms with E-state index in [1.807, 2.05) is 0 Å². The highest BCUT2D eigenvalue weighted by atomic mass is 19.4. The number of rotatable bonds is 2. The second-order valence-electron chi connectivity index (χ2n) is 3.99. The van der Waals surface area contributed by atoms with Crippen molar-refractivity contribution in [1.82, 2.24) is 10.2 Å². The second-order valence-corrected chi connectivity index (χ2v) is 3.99. The number of hydrogen-bond donors (Lipinski definition) is 1. The molecule has 1 heterocycles. The van der Waals surface area contributed by atoms with E-state index < -0.39 is 11.7 Å². The van der Waals surface area contributed by atoms with Crippen molar-refractivity contribution in [3.05, 3.63) is 41.1 Å². The Hall–Kier alpha value is -1.98. The van der Waals surface area contributed by atoms with Crippen LogP contribution in [-0.4, -0.2) is 10.2 Å². The number of ether oxygens (including phenoxy) is 1. The van der Waals surface area contributed by atoms with Gasteiger partial charge in [-0.25, -0.2) is 0 Å². The van der Waals surface area contributed by atoms with Gasteiger partial charge in [0.2, 0.25) is 5.88 Å². The van der Waals surface area contributed by atoms with Crippen LogP contribution in [-0.2, 0) is 6.18 Å². The summed E-state index contributed by atoms with van der Waals surface area (Å²) >= 11 is 0. The number of aromatic amines is 1. The van der Waals surface area contributed by atoms with Crippen LogP contribution in [0, 0.1) is 13.8 Å².